The number of benzene rings is 1. The number of amides is 1. The Balaban J connectivity index is 1.74. The van der Waals surface area contributed by atoms with Gasteiger partial charge in [-0.05, 0) is 31.5 Å². The summed E-state index contributed by atoms with van der Waals surface area (Å²) in [6.07, 6.45) is 4.20. The first-order chi connectivity index (χ1) is 9.24. The maximum atomic E-state index is 12.2. The van der Waals surface area contributed by atoms with Crippen molar-refractivity contribution in [1.29, 1.82) is 0 Å². The van der Waals surface area contributed by atoms with E-state index in [2.05, 4.69) is 10.3 Å². The molecule has 1 aromatic heterocycles. The summed E-state index contributed by atoms with van der Waals surface area (Å²) in [4.78, 5) is 18.0. The number of aromatic nitrogens is 1. The minimum Gasteiger partial charge on any atom is -0.443 e. The molecule has 5 heteroatoms. The van der Waals surface area contributed by atoms with E-state index in [-0.39, 0.29) is 5.91 Å². The fourth-order valence-electron chi connectivity index (χ4n) is 2.48. The van der Waals surface area contributed by atoms with Crippen molar-refractivity contribution >= 4 is 22.7 Å². The number of oxazole rings is 1. The van der Waals surface area contributed by atoms with Gasteiger partial charge in [0.15, 0.2) is 12.0 Å². The van der Waals surface area contributed by atoms with E-state index in [0.717, 1.165) is 30.6 Å². The predicted molar refractivity (Wildman–Crippen MR) is 73.1 cm³/mol. The lowest BCUT2D eigenvalue weighted by molar-refractivity contribution is -0.118. The third-order valence-electron chi connectivity index (χ3n) is 3.66. The minimum atomic E-state index is 0.123. The molecule has 2 heterocycles. The summed E-state index contributed by atoms with van der Waals surface area (Å²) in [6.45, 7) is 1.02. The molecular weight excluding hydrogens is 242 g/mol. The maximum Gasteiger partial charge on any atom is 0.228 e. The molecule has 0 spiro atoms. The summed E-state index contributed by atoms with van der Waals surface area (Å²) in [5.74, 6) is 0.123. The average molecular weight is 259 g/mol. The van der Waals surface area contributed by atoms with Crippen LogP contribution in [0.15, 0.2) is 29.0 Å². The first-order valence-corrected chi connectivity index (χ1v) is 6.57. The lowest BCUT2D eigenvalue weighted by Gasteiger charge is -2.19. The molecule has 1 saturated heterocycles. The third-order valence-corrected chi connectivity index (χ3v) is 3.66. The highest BCUT2D eigenvalue weighted by Gasteiger charge is 2.20. The molecule has 1 aliphatic rings. The summed E-state index contributed by atoms with van der Waals surface area (Å²) in [6, 6.07) is 5.93. The van der Waals surface area contributed by atoms with E-state index < -0.39 is 0 Å². The van der Waals surface area contributed by atoms with Gasteiger partial charge in [-0.15, -0.1) is 0 Å². The predicted octanol–water partition coefficient (Wildman–Crippen LogP) is 1.93. The number of nitrogens with zero attached hydrogens (tertiary/aromatic N) is 2. The van der Waals surface area contributed by atoms with Crippen molar-refractivity contribution in [2.45, 2.75) is 25.3 Å². The van der Waals surface area contributed by atoms with Crippen molar-refractivity contribution in [2.24, 2.45) is 0 Å². The van der Waals surface area contributed by atoms with Crippen molar-refractivity contribution in [3.05, 3.63) is 24.6 Å². The molecule has 1 unspecified atom stereocenters. The molecule has 1 amide bonds. The second-order valence-electron chi connectivity index (χ2n) is 4.95. The van der Waals surface area contributed by atoms with E-state index >= 15 is 0 Å². The van der Waals surface area contributed by atoms with E-state index in [1.165, 1.54) is 6.39 Å². The van der Waals surface area contributed by atoms with Crippen LogP contribution in [0.2, 0.25) is 0 Å². The Morgan fingerprint density at radius 3 is 3.26 bits per heavy atom. The molecule has 0 bridgehead atoms. The van der Waals surface area contributed by atoms with Gasteiger partial charge in [0.05, 0.1) is 0 Å². The second kappa shape index (κ2) is 5.01. The van der Waals surface area contributed by atoms with Crippen molar-refractivity contribution in [1.82, 2.24) is 10.3 Å². The van der Waals surface area contributed by atoms with Gasteiger partial charge < -0.3 is 14.6 Å². The maximum absolute atomic E-state index is 12.2. The monoisotopic (exact) mass is 259 g/mol. The van der Waals surface area contributed by atoms with Crippen molar-refractivity contribution in [3.8, 4) is 0 Å². The number of nitrogens with one attached hydrogen (secondary N) is 1. The Labute approximate surface area is 111 Å². The zero-order valence-electron chi connectivity index (χ0n) is 10.9. The standard InChI is InChI=1S/C14H17N3O2/c1-17(14(18)7-10-3-2-6-15-10)11-4-5-12-13(8-11)19-9-16-12/h4-5,8-10,15H,2-3,6-7H2,1H3. The molecule has 1 aliphatic heterocycles. The molecule has 100 valence electrons. The molecule has 1 aromatic carbocycles. The number of hydrogen-bond acceptors (Lipinski definition) is 4. The van der Waals surface area contributed by atoms with Gasteiger partial charge in [0.1, 0.15) is 5.52 Å². The Morgan fingerprint density at radius 1 is 1.58 bits per heavy atom. The lowest BCUT2D eigenvalue weighted by atomic mass is 10.1. The first kappa shape index (κ1) is 12.2. The molecular formula is C14H17N3O2. The number of fused-ring (bicyclic) bond motifs is 1. The highest BCUT2D eigenvalue weighted by molar-refractivity contribution is 5.94. The Kier molecular flexibility index (Phi) is 3.21. The summed E-state index contributed by atoms with van der Waals surface area (Å²) in [5.41, 5.74) is 2.35. The normalized spacial score (nSPS) is 18.9. The van der Waals surface area contributed by atoms with E-state index in [4.69, 9.17) is 4.42 Å². The van der Waals surface area contributed by atoms with Crippen LogP contribution in [0.4, 0.5) is 5.69 Å². The highest BCUT2D eigenvalue weighted by Crippen LogP contribution is 2.21. The molecule has 19 heavy (non-hydrogen) atoms. The van der Waals surface area contributed by atoms with Gasteiger partial charge in [-0.2, -0.15) is 0 Å². The SMILES string of the molecule is CN(C(=O)CC1CCCN1)c1ccc2ncoc2c1. The topological polar surface area (TPSA) is 58.4 Å². The van der Waals surface area contributed by atoms with Crippen LogP contribution >= 0.6 is 0 Å². The molecule has 0 saturated carbocycles. The van der Waals surface area contributed by atoms with Crippen LogP contribution in [-0.4, -0.2) is 30.5 Å². The summed E-state index contributed by atoms with van der Waals surface area (Å²) in [5, 5.41) is 3.34. The van der Waals surface area contributed by atoms with E-state index in [1.54, 1.807) is 11.9 Å². The Bertz CT molecular complexity index is 587. The third kappa shape index (κ3) is 2.46. The average Bonchev–Trinajstić information content (AvgIpc) is 3.07. The summed E-state index contributed by atoms with van der Waals surface area (Å²) < 4.78 is 5.26. The number of hydrogen-bond donors (Lipinski definition) is 1. The number of anilines is 1. The summed E-state index contributed by atoms with van der Waals surface area (Å²) >= 11 is 0. The van der Waals surface area contributed by atoms with E-state index in [1.807, 2.05) is 18.2 Å². The van der Waals surface area contributed by atoms with Gasteiger partial charge in [0.25, 0.3) is 0 Å². The van der Waals surface area contributed by atoms with Gasteiger partial charge in [-0.25, -0.2) is 4.98 Å². The molecule has 0 aliphatic carbocycles. The molecule has 2 aromatic rings. The van der Waals surface area contributed by atoms with Gasteiger partial charge in [-0.3, -0.25) is 4.79 Å². The first-order valence-electron chi connectivity index (χ1n) is 6.57. The number of carbonyl (C=O) groups excluding carboxylic acids is 1. The quantitative estimate of drug-likeness (QED) is 0.915. The Hall–Kier alpha value is -1.88. The van der Waals surface area contributed by atoms with Crippen LogP contribution < -0.4 is 10.2 Å². The van der Waals surface area contributed by atoms with Gasteiger partial charge in [-0.1, -0.05) is 0 Å². The van der Waals surface area contributed by atoms with Gasteiger partial charge >= 0.3 is 0 Å². The molecule has 3 rings (SSSR count). The van der Waals surface area contributed by atoms with Crippen LogP contribution in [0.5, 0.6) is 0 Å². The van der Waals surface area contributed by atoms with Crippen LogP contribution in [-0.2, 0) is 4.79 Å². The van der Waals surface area contributed by atoms with Crippen molar-refractivity contribution in [3.63, 3.8) is 0 Å². The lowest BCUT2D eigenvalue weighted by Crippen LogP contribution is -2.33. The highest BCUT2D eigenvalue weighted by atomic mass is 16.3. The molecule has 5 nitrogen and oxygen atoms in total. The second-order valence-corrected chi connectivity index (χ2v) is 4.95. The molecule has 1 fully saturated rings. The molecule has 0 radical (unpaired) electrons. The summed E-state index contributed by atoms with van der Waals surface area (Å²) in [7, 11) is 1.80. The zero-order valence-corrected chi connectivity index (χ0v) is 10.9. The number of carbonyl (C=O) groups is 1. The Morgan fingerprint density at radius 2 is 2.47 bits per heavy atom. The van der Waals surface area contributed by atoms with Crippen LogP contribution in [0.25, 0.3) is 11.1 Å². The largest absolute Gasteiger partial charge is 0.443 e. The minimum absolute atomic E-state index is 0.123. The number of rotatable bonds is 3. The van der Waals surface area contributed by atoms with Crippen molar-refractivity contribution in [2.75, 3.05) is 18.5 Å². The zero-order chi connectivity index (χ0) is 13.2. The van der Waals surface area contributed by atoms with E-state index in [0.29, 0.717) is 18.0 Å². The van der Waals surface area contributed by atoms with E-state index in [9.17, 15) is 4.79 Å². The fourth-order valence-corrected chi connectivity index (χ4v) is 2.48. The fraction of sp³-hybridized carbons (Fsp3) is 0.429. The van der Waals surface area contributed by atoms with Gasteiger partial charge in [0, 0.05) is 31.3 Å². The van der Waals surface area contributed by atoms with Crippen LogP contribution in [0.1, 0.15) is 19.3 Å². The van der Waals surface area contributed by atoms with Gasteiger partial charge in [0.2, 0.25) is 5.91 Å². The smallest absolute Gasteiger partial charge is 0.228 e. The molecule has 1 N–H and O–H groups in total. The van der Waals surface area contributed by atoms with Crippen LogP contribution in [0, 0.1) is 0 Å². The van der Waals surface area contributed by atoms with Crippen molar-refractivity contribution < 1.29 is 9.21 Å². The molecule has 1 atom stereocenters. The van der Waals surface area contributed by atoms with Crippen LogP contribution in [0.3, 0.4) is 0 Å².